The number of nitrogens with one attached hydrogen (secondary N) is 1. The molecule has 2 rings (SSSR count). The van der Waals surface area contributed by atoms with E-state index in [0.717, 1.165) is 16.8 Å². The van der Waals surface area contributed by atoms with Gasteiger partial charge in [-0.15, -0.1) is 0 Å². The van der Waals surface area contributed by atoms with Crippen LogP contribution in [0, 0.1) is 6.92 Å². The van der Waals surface area contributed by atoms with E-state index in [0.29, 0.717) is 0 Å². The first-order valence-corrected chi connectivity index (χ1v) is 6.46. The second kappa shape index (κ2) is 7.14. The molecule has 0 radical (unpaired) electrons. The highest BCUT2D eigenvalue weighted by Crippen LogP contribution is 2.08. The lowest BCUT2D eigenvalue weighted by Gasteiger charge is -2.05. The minimum absolute atomic E-state index is 0.243. The predicted molar refractivity (Wildman–Crippen MR) is 81.6 cm³/mol. The summed E-state index contributed by atoms with van der Waals surface area (Å²) in [6.07, 6.45) is 3.27. The van der Waals surface area contributed by atoms with Crippen LogP contribution in [0.5, 0.6) is 0 Å². The zero-order valence-electron chi connectivity index (χ0n) is 11.4. The molecule has 20 heavy (non-hydrogen) atoms. The summed E-state index contributed by atoms with van der Waals surface area (Å²) in [5.74, 6) is 0. The molecule has 0 atom stereocenters. The van der Waals surface area contributed by atoms with Gasteiger partial charge in [0.25, 0.3) is 0 Å². The third kappa shape index (κ3) is 4.61. The zero-order chi connectivity index (χ0) is 14.2. The topological polar surface area (TPSA) is 38.3 Å². The van der Waals surface area contributed by atoms with Crippen LogP contribution in [-0.4, -0.2) is 12.7 Å². The van der Waals surface area contributed by atoms with Crippen molar-refractivity contribution in [1.29, 1.82) is 0 Å². The average molecular weight is 267 g/mol. The first-order valence-electron chi connectivity index (χ1n) is 6.46. The number of benzene rings is 2. The summed E-state index contributed by atoms with van der Waals surface area (Å²) in [6.45, 7) is 2.24. The zero-order valence-corrected chi connectivity index (χ0v) is 11.4. The van der Waals surface area contributed by atoms with E-state index in [-0.39, 0.29) is 6.61 Å². The molecule has 2 aromatic carbocycles. The second-order valence-electron chi connectivity index (χ2n) is 4.40. The van der Waals surface area contributed by atoms with Crippen LogP contribution in [0.1, 0.15) is 11.1 Å². The quantitative estimate of drug-likeness (QED) is 0.899. The normalized spacial score (nSPS) is 10.4. The van der Waals surface area contributed by atoms with E-state index in [2.05, 4.69) is 5.32 Å². The van der Waals surface area contributed by atoms with Gasteiger partial charge in [-0.1, -0.05) is 54.1 Å². The Morgan fingerprint density at radius 2 is 1.80 bits per heavy atom. The molecular weight excluding hydrogens is 250 g/mol. The molecule has 1 amide bonds. The van der Waals surface area contributed by atoms with Crippen molar-refractivity contribution >= 4 is 17.9 Å². The molecule has 2 aromatic rings. The van der Waals surface area contributed by atoms with E-state index in [1.807, 2.05) is 73.7 Å². The predicted octanol–water partition coefficient (Wildman–Crippen LogP) is 4.26. The average Bonchev–Trinajstić information content (AvgIpc) is 2.47. The number of anilines is 1. The Morgan fingerprint density at radius 1 is 1.10 bits per heavy atom. The van der Waals surface area contributed by atoms with Crippen LogP contribution in [0.4, 0.5) is 10.5 Å². The molecule has 0 fully saturated rings. The minimum atomic E-state index is -0.452. The second-order valence-corrected chi connectivity index (χ2v) is 4.40. The van der Waals surface area contributed by atoms with Crippen LogP contribution in [-0.2, 0) is 4.74 Å². The summed E-state index contributed by atoms with van der Waals surface area (Å²) in [5, 5.41) is 2.67. The monoisotopic (exact) mass is 267 g/mol. The molecule has 102 valence electrons. The van der Waals surface area contributed by atoms with Gasteiger partial charge in [-0.05, 0) is 30.7 Å². The first-order chi connectivity index (χ1) is 9.74. The SMILES string of the molecule is Cc1ccc(NC(=O)OCC=Cc2ccccc2)cc1. The molecule has 3 nitrogen and oxygen atoms in total. The number of amides is 1. The highest BCUT2D eigenvalue weighted by molar-refractivity contribution is 5.84. The summed E-state index contributed by atoms with van der Waals surface area (Å²) in [4.78, 5) is 11.5. The number of carbonyl (C=O) groups is 1. The van der Waals surface area contributed by atoms with Crippen LogP contribution < -0.4 is 5.32 Å². The van der Waals surface area contributed by atoms with Crippen molar-refractivity contribution in [3.05, 3.63) is 71.8 Å². The van der Waals surface area contributed by atoms with Crippen molar-refractivity contribution in [1.82, 2.24) is 0 Å². The fourth-order valence-electron chi connectivity index (χ4n) is 1.66. The number of rotatable bonds is 4. The summed E-state index contributed by atoms with van der Waals surface area (Å²) >= 11 is 0. The molecule has 0 aromatic heterocycles. The third-order valence-corrected chi connectivity index (χ3v) is 2.72. The summed E-state index contributed by atoms with van der Waals surface area (Å²) in [7, 11) is 0. The third-order valence-electron chi connectivity index (χ3n) is 2.72. The fourth-order valence-corrected chi connectivity index (χ4v) is 1.66. The molecule has 0 bridgehead atoms. The molecule has 3 heteroatoms. The van der Waals surface area contributed by atoms with Crippen molar-refractivity contribution in [3.8, 4) is 0 Å². The standard InChI is InChI=1S/C17H17NO2/c1-14-9-11-16(12-10-14)18-17(19)20-13-5-8-15-6-3-2-4-7-15/h2-12H,13H2,1H3,(H,18,19). The smallest absolute Gasteiger partial charge is 0.411 e. The molecule has 0 saturated carbocycles. The Kier molecular flexibility index (Phi) is 4.95. The Balaban J connectivity index is 1.75. The lowest BCUT2D eigenvalue weighted by atomic mass is 10.2. The van der Waals surface area contributed by atoms with E-state index in [1.54, 1.807) is 0 Å². The van der Waals surface area contributed by atoms with Crippen molar-refractivity contribution < 1.29 is 9.53 Å². The van der Waals surface area contributed by atoms with E-state index < -0.39 is 6.09 Å². The van der Waals surface area contributed by atoms with Crippen LogP contribution in [0.3, 0.4) is 0 Å². The van der Waals surface area contributed by atoms with E-state index in [4.69, 9.17) is 4.74 Å². The molecule has 0 aliphatic rings. The molecule has 0 aliphatic heterocycles. The largest absolute Gasteiger partial charge is 0.445 e. The van der Waals surface area contributed by atoms with Crippen LogP contribution in [0.15, 0.2) is 60.7 Å². The number of aryl methyl sites for hydroxylation is 1. The van der Waals surface area contributed by atoms with Gasteiger partial charge in [-0.3, -0.25) is 5.32 Å². The first kappa shape index (κ1) is 13.9. The van der Waals surface area contributed by atoms with Crippen LogP contribution in [0.2, 0.25) is 0 Å². The fraction of sp³-hybridized carbons (Fsp3) is 0.118. The molecule has 0 heterocycles. The molecule has 0 unspecified atom stereocenters. The Labute approximate surface area is 118 Å². The van der Waals surface area contributed by atoms with Crippen LogP contribution >= 0.6 is 0 Å². The molecule has 0 saturated heterocycles. The van der Waals surface area contributed by atoms with Crippen molar-refractivity contribution in [3.63, 3.8) is 0 Å². The van der Waals surface area contributed by atoms with Crippen LogP contribution in [0.25, 0.3) is 6.08 Å². The van der Waals surface area contributed by atoms with Gasteiger partial charge in [0, 0.05) is 5.69 Å². The summed E-state index contributed by atoms with van der Waals surface area (Å²) in [6, 6.07) is 17.4. The lowest BCUT2D eigenvalue weighted by molar-refractivity contribution is 0.174. The molecule has 0 aliphatic carbocycles. The van der Waals surface area contributed by atoms with E-state index >= 15 is 0 Å². The van der Waals surface area contributed by atoms with Gasteiger partial charge in [0.1, 0.15) is 6.61 Å². The Bertz CT molecular complexity index is 574. The van der Waals surface area contributed by atoms with Gasteiger partial charge in [-0.2, -0.15) is 0 Å². The Morgan fingerprint density at radius 3 is 2.50 bits per heavy atom. The van der Waals surface area contributed by atoms with E-state index in [1.165, 1.54) is 0 Å². The number of carbonyl (C=O) groups excluding carboxylic acids is 1. The maximum absolute atomic E-state index is 11.5. The van der Waals surface area contributed by atoms with Gasteiger partial charge < -0.3 is 4.74 Å². The minimum Gasteiger partial charge on any atom is -0.445 e. The maximum Gasteiger partial charge on any atom is 0.411 e. The van der Waals surface area contributed by atoms with E-state index in [9.17, 15) is 4.79 Å². The number of hydrogen-bond donors (Lipinski definition) is 1. The van der Waals surface area contributed by atoms with Gasteiger partial charge in [0.05, 0.1) is 0 Å². The van der Waals surface area contributed by atoms with Crippen molar-refractivity contribution in [2.45, 2.75) is 6.92 Å². The van der Waals surface area contributed by atoms with Gasteiger partial charge in [-0.25, -0.2) is 4.79 Å². The maximum atomic E-state index is 11.5. The van der Waals surface area contributed by atoms with Crippen molar-refractivity contribution in [2.75, 3.05) is 11.9 Å². The molecular formula is C17H17NO2. The number of hydrogen-bond acceptors (Lipinski definition) is 2. The highest BCUT2D eigenvalue weighted by Gasteiger charge is 2.00. The summed E-state index contributed by atoms with van der Waals surface area (Å²) < 4.78 is 5.06. The molecule has 0 spiro atoms. The summed E-state index contributed by atoms with van der Waals surface area (Å²) in [5.41, 5.74) is 2.96. The molecule has 1 N–H and O–H groups in total. The van der Waals surface area contributed by atoms with Gasteiger partial charge in [0.2, 0.25) is 0 Å². The highest BCUT2D eigenvalue weighted by atomic mass is 16.5. The van der Waals surface area contributed by atoms with Gasteiger partial charge >= 0.3 is 6.09 Å². The Hall–Kier alpha value is -2.55. The lowest BCUT2D eigenvalue weighted by Crippen LogP contribution is -2.13. The van der Waals surface area contributed by atoms with Crippen molar-refractivity contribution in [2.24, 2.45) is 0 Å². The van der Waals surface area contributed by atoms with Gasteiger partial charge in [0.15, 0.2) is 0 Å². The number of ether oxygens (including phenoxy) is 1.